The van der Waals surface area contributed by atoms with Gasteiger partial charge in [0.25, 0.3) is 0 Å². The van der Waals surface area contributed by atoms with Crippen molar-refractivity contribution in [1.29, 1.82) is 0 Å². The average molecular weight is 129 g/mol. The first kappa shape index (κ1) is 19.8. The van der Waals surface area contributed by atoms with Crippen molar-refractivity contribution in [3.05, 3.63) is 0 Å². The molecule has 0 aliphatic rings. The Balaban J connectivity index is -0.00000000500. The molecule has 1 atom stereocenters. The molecule has 4 heavy (non-hydrogen) atoms. The Labute approximate surface area is 43.5 Å². The average Bonchev–Trinajstić information content (AvgIpc) is 1.00. The molecule has 4 heteroatoms. The molecule has 0 aromatic rings. The van der Waals surface area contributed by atoms with Crippen LogP contribution in [0.3, 0.4) is 0 Å². The van der Waals surface area contributed by atoms with Gasteiger partial charge in [-0.25, -0.2) is 0 Å². The summed E-state index contributed by atoms with van der Waals surface area (Å²) in [5.41, 5.74) is 0. The van der Waals surface area contributed by atoms with Gasteiger partial charge >= 0.3 is 10.1 Å². The zero-order valence-electron chi connectivity index (χ0n) is 2.06. The van der Waals surface area contributed by atoms with Crippen molar-refractivity contribution in [2.24, 2.45) is 0 Å². The standard InChI is InChI=1S/OSi.H3P.V/c1-2;;/h;1H3;. The summed E-state index contributed by atoms with van der Waals surface area (Å²) in [5.74, 6) is 0. The van der Waals surface area contributed by atoms with Crippen LogP contribution in [0.15, 0.2) is 0 Å². The second-order valence-electron chi connectivity index (χ2n) is 0. The van der Waals surface area contributed by atoms with Crippen molar-refractivity contribution in [2.45, 2.75) is 0 Å². The third kappa shape index (κ3) is 11.8. The van der Waals surface area contributed by atoms with E-state index in [1.165, 1.54) is 0 Å². The SMILES string of the molecule is O=[Si].P.[V]. The van der Waals surface area contributed by atoms with Crippen LogP contribution in [0.25, 0.3) is 0 Å². The second-order valence-corrected chi connectivity index (χ2v) is 0. The first-order valence-electron chi connectivity index (χ1n) is 0.204. The third-order valence-electron chi connectivity index (χ3n) is 0. The molecule has 3 radical (unpaired) electrons. The van der Waals surface area contributed by atoms with Gasteiger partial charge in [-0.3, -0.25) is 0 Å². The van der Waals surface area contributed by atoms with Crippen molar-refractivity contribution in [3.8, 4) is 0 Å². The molecular formula is H3OPSiV. The summed E-state index contributed by atoms with van der Waals surface area (Å²) < 4.78 is 8.06. The van der Waals surface area contributed by atoms with Crippen molar-refractivity contribution in [3.63, 3.8) is 0 Å². The van der Waals surface area contributed by atoms with Gasteiger partial charge in [0.1, 0.15) is 0 Å². The Hall–Kier alpha value is 1.03. The first-order valence-corrected chi connectivity index (χ1v) is 0.612. The predicted octanol–water partition coefficient (Wildman–Crippen LogP) is -0.444. The Bertz CT molecular complexity index is 8.00. The van der Waals surface area contributed by atoms with Crippen LogP contribution < -0.4 is 0 Å². The van der Waals surface area contributed by atoms with Gasteiger partial charge in [0, 0.05) is 18.6 Å². The molecule has 0 spiro atoms. The van der Waals surface area contributed by atoms with E-state index in [9.17, 15) is 0 Å². The van der Waals surface area contributed by atoms with Gasteiger partial charge in [0.2, 0.25) is 0 Å². The molecule has 0 aromatic heterocycles. The van der Waals surface area contributed by atoms with E-state index >= 15 is 0 Å². The van der Waals surface area contributed by atoms with Crippen LogP contribution in [-0.2, 0) is 23.0 Å². The zero-order valence-corrected chi connectivity index (χ0v) is 5.87. The number of rotatable bonds is 0. The fourth-order valence-corrected chi connectivity index (χ4v) is 0. The molecule has 0 saturated heterocycles. The van der Waals surface area contributed by atoms with Gasteiger partial charge in [-0.05, 0) is 0 Å². The largest absolute Gasteiger partial charge is 0.381 e. The number of hydrogen-bond donors (Lipinski definition) is 0. The van der Waals surface area contributed by atoms with Gasteiger partial charge in [-0.2, -0.15) is 9.90 Å². The van der Waals surface area contributed by atoms with E-state index < -0.39 is 0 Å². The summed E-state index contributed by atoms with van der Waals surface area (Å²) in [5, 5.41) is 0. The van der Waals surface area contributed by atoms with Crippen LogP contribution in [0.2, 0.25) is 0 Å². The second kappa shape index (κ2) is 34.8. The minimum absolute atomic E-state index is 0. The monoisotopic (exact) mass is 129 g/mol. The fraction of sp³-hybridized carbons (Fsp3) is 0. The van der Waals surface area contributed by atoms with E-state index in [-0.39, 0.29) is 28.5 Å². The summed E-state index contributed by atoms with van der Waals surface area (Å²) in [6.45, 7) is 0. The fourth-order valence-electron chi connectivity index (χ4n) is 0. The maximum Gasteiger partial charge on any atom is 0.381 e. The molecule has 0 aromatic carbocycles. The van der Waals surface area contributed by atoms with E-state index in [2.05, 4.69) is 0 Å². The van der Waals surface area contributed by atoms with Gasteiger partial charge in [0.15, 0.2) is 0 Å². The van der Waals surface area contributed by atoms with Gasteiger partial charge in [0.05, 0.1) is 0 Å². The van der Waals surface area contributed by atoms with Gasteiger partial charge < -0.3 is 4.46 Å². The molecule has 0 heterocycles. The van der Waals surface area contributed by atoms with E-state index in [1.807, 2.05) is 0 Å². The molecule has 23 valence electrons. The van der Waals surface area contributed by atoms with Crippen molar-refractivity contribution in [1.82, 2.24) is 0 Å². The van der Waals surface area contributed by atoms with Gasteiger partial charge in [-0.1, -0.05) is 0 Å². The van der Waals surface area contributed by atoms with E-state index in [0.717, 1.165) is 0 Å². The molecule has 0 N–H and O–H groups in total. The molecule has 0 rings (SSSR count). The maximum absolute atomic E-state index is 8.06. The third-order valence-corrected chi connectivity index (χ3v) is 0. The van der Waals surface area contributed by atoms with Crippen LogP contribution in [0.5, 0.6) is 0 Å². The summed E-state index contributed by atoms with van der Waals surface area (Å²) in [6.07, 6.45) is 0. The minimum Gasteiger partial charge on any atom is -0.381 e. The zero-order chi connectivity index (χ0) is 2.00. The molecule has 1 nitrogen and oxygen atoms in total. The van der Waals surface area contributed by atoms with Crippen LogP contribution in [-0.4, -0.2) is 10.1 Å². The normalized spacial score (nSPS) is 1.00. The van der Waals surface area contributed by atoms with Crippen LogP contribution >= 0.6 is 9.90 Å². The molecule has 0 aliphatic heterocycles. The van der Waals surface area contributed by atoms with Crippen LogP contribution in [0.1, 0.15) is 0 Å². The van der Waals surface area contributed by atoms with Crippen LogP contribution in [0.4, 0.5) is 0 Å². The molecule has 0 amide bonds. The Morgan fingerprint density at radius 2 is 1.25 bits per heavy atom. The molecular weight excluding hydrogens is 126 g/mol. The van der Waals surface area contributed by atoms with Crippen molar-refractivity contribution < 1.29 is 23.0 Å². The smallest absolute Gasteiger partial charge is 0.381 e. The van der Waals surface area contributed by atoms with Crippen LogP contribution in [0, 0.1) is 0 Å². The molecule has 0 fully saturated rings. The Kier molecular flexibility index (Phi) is 173. The molecule has 0 bridgehead atoms. The van der Waals surface area contributed by atoms with Gasteiger partial charge in [-0.15, -0.1) is 0 Å². The molecule has 0 aliphatic carbocycles. The number of hydrogen-bond acceptors (Lipinski definition) is 1. The molecule has 1 unspecified atom stereocenters. The van der Waals surface area contributed by atoms with E-state index in [0.29, 0.717) is 0 Å². The topological polar surface area (TPSA) is 17.1 Å². The van der Waals surface area contributed by atoms with E-state index in [1.54, 1.807) is 10.1 Å². The molecule has 0 saturated carbocycles. The summed E-state index contributed by atoms with van der Waals surface area (Å²) in [6, 6.07) is 0. The minimum atomic E-state index is 0. The predicted molar refractivity (Wildman–Crippen MR) is 17.5 cm³/mol. The van der Waals surface area contributed by atoms with Crippen molar-refractivity contribution >= 4 is 20.0 Å². The summed E-state index contributed by atoms with van der Waals surface area (Å²) in [7, 11) is 1.72. The van der Waals surface area contributed by atoms with E-state index in [4.69, 9.17) is 4.46 Å². The Morgan fingerprint density at radius 3 is 1.25 bits per heavy atom. The summed E-state index contributed by atoms with van der Waals surface area (Å²) in [4.78, 5) is 0. The Morgan fingerprint density at radius 1 is 1.25 bits per heavy atom. The summed E-state index contributed by atoms with van der Waals surface area (Å²) >= 11 is 0. The quantitative estimate of drug-likeness (QED) is 0.320. The maximum atomic E-state index is 8.06. The van der Waals surface area contributed by atoms with Crippen molar-refractivity contribution in [2.75, 3.05) is 0 Å². The first-order chi connectivity index (χ1) is 1.00.